The molecule has 2 unspecified atom stereocenters. The van der Waals surface area contributed by atoms with Gasteiger partial charge in [-0.05, 0) is 43.0 Å². The summed E-state index contributed by atoms with van der Waals surface area (Å²) in [7, 11) is 0. The van der Waals surface area contributed by atoms with Crippen molar-refractivity contribution in [2.24, 2.45) is 0 Å². The molecule has 0 aliphatic carbocycles. The van der Waals surface area contributed by atoms with Crippen LogP contribution in [0.3, 0.4) is 0 Å². The van der Waals surface area contributed by atoms with E-state index in [2.05, 4.69) is 51.2 Å². The minimum Gasteiger partial charge on any atom is -0.486 e. The molecule has 3 nitrogen and oxygen atoms in total. The quantitative estimate of drug-likeness (QED) is 0.896. The Morgan fingerprint density at radius 1 is 1.40 bits per heavy atom. The van der Waals surface area contributed by atoms with E-state index >= 15 is 0 Å². The van der Waals surface area contributed by atoms with Gasteiger partial charge in [0.05, 0.1) is 6.61 Å². The fraction of sp³-hybridized carbons (Fsp3) is 0.647. The molecule has 0 radical (unpaired) electrons. The van der Waals surface area contributed by atoms with E-state index in [1.165, 1.54) is 11.1 Å². The topological polar surface area (TPSA) is 30.5 Å². The van der Waals surface area contributed by atoms with Crippen molar-refractivity contribution in [3.63, 3.8) is 0 Å². The van der Waals surface area contributed by atoms with Crippen LogP contribution in [0.1, 0.15) is 44.2 Å². The van der Waals surface area contributed by atoms with E-state index in [1.54, 1.807) is 0 Å². The molecular weight excluding hydrogens is 250 g/mol. The van der Waals surface area contributed by atoms with Crippen LogP contribution in [0, 0.1) is 6.92 Å². The minimum atomic E-state index is 0.102. The molecule has 2 rings (SSSR count). The zero-order valence-corrected chi connectivity index (χ0v) is 13.1. The molecule has 1 fully saturated rings. The van der Waals surface area contributed by atoms with Crippen molar-refractivity contribution >= 4 is 0 Å². The third-order valence-corrected chi connectivity index (χ3v) is 3.93. The van der Waals surface area contributed by atoms with Gasteiger partial charge in [0.25, 0.3) is 0 Å². The van der Waals surface area contributed by atoms with Crippen molar-refractivity contribution in [3.05, 3.63) is 29.3 Å². The van der Waals surface area contributed by atoms with Crippen molar-refractivity contribution in [1.82, 2.24) is 5.32 Å². The van der Waals surface area contributed by atoms with Crippen LogP contribution in [0.15, 0.2) is 18.2 Å². The van der Waals surface area contributed by atoms with Gasteiger partial charge in [-0.1, -0.05) is 32.9 Å². The number of ether oxygens (including phenoxy) is 2. The van der Waals surface area contributed by atoms with Gasteiger partial charge >= 0.3 is 0 Å². The van der Waals surface area contributed by atoms with Crippen LogP contribution in [-0.4, -0.2) is 31.9 Å². The highest BCUT2D eigenvalue weighted by Crippen LogP contribution is 2.26. The highest BCUT2D eigenvalue weighted by molar-refractivity contribution is 5.38. The van der Waals surface area contributed by atoms with E-state index in [1.807, 2.05) is 0 Å². The predicted molar refractivity (Wildman–Crippen MR) is 82.6 cm³/mol. The lowest BCUT2D eigenvalue weighted by atomic mass is 10.0. The highest BCUT2D eigenvalue weighted by atomic mass is 16.5. The summed E-state index contributed by atoms with van der Waals surface area (Å²) in [6, 6.07) is 6.90. The maximum Gasteiger partial charge on any atom is 0.137 e. The molecule has 1 N–H and O–H groups in total. The summed E-state index contributed by atoms with van der Waals surface area (Å²) in [6.45, 7) is 11.1. The van der Waals surface area contributed by atoms with Gasteiger partial charge in [0, 0.05) is 12.6 Å². The van der Waals surface area contributed by atoms with Gasteiger partial charge in [0.15, 0.2) is 0 Å². The van der Waals surface area contributed by atoms with Gasteiger partial charge in [0.2, 0.25) is 0 Å². The Morgan fingerprint density at radius 2 is 2.20 bits per heavy atom. The molecule has 1 aliphatic rings. The van der Waals surface area contributed by atoms with Gasteiger partial charge in [-0.15, -0.1) is 0 Å². The highest BCUT2D eigenvalue weighted by Gasteiger charge is 2.27. The van der Waals surface area contributed by atoms with E-state index in [0.717, 1.165) is 25.3 Å². The first-order valence-corrected chi connectivity index (χ1v) is 7.70. The van der Waals surface area contributed by atoms with Crippen molar-refractivity contribution < 1.29 is 9.47 Å². The first-order valence-electron chi connectivity index (χ1n) is 7.70. The largest absolute Gasteiger partial charge is 0.486 e. The Morgan fingerprint density at radius 3 is 2.90 bits per heavy atom. The van der Waals surface area contributed by atoms with Crippen LogP contribution in [-0.2, 0) is 4.74 Å². The van der Waals surface area contributed by atoms with Gasteiger partial charge in [-0.25, -0.2) is 0 Å². The predicted octanol–water partition coefficient (Wildman–Crippen LogP) is 3.26. The Labute approximate surface area is 122 Å². The number of rotatable bonds is 5. The van der Waals surface area contributed by atoms with E-state index in [4.69, 9.17) is 9.47 Å². The van der Waals surface area contributed by atoms with E-state index in [0.29, 0.717) is 18.6 Å². The average molecular weight is 277 g/mol. The fourth-order valence-electron chi connectivity index (χ4n) is 2.59. The van der Waals surface area contributed by atoms with Gasteiger partial charge in [-0.3, -0.25) is 0 Å². The average Bonchev–Trinajstić information content (AvgIpc) is 2.43. The molecule has 0 amide bonds. The lowest BCUT2D eigenvalue weighted by molar-refractivity contribution is -0.0146. The van der Waals surface area contributed by atoms with Crippen LogP contribution < -0.4 is 10.1 Å². The zero-order chi connectivity index (χ0) is 14.5. The lowest BCUT2D eigenvalue weighted by Crippen LogP contribution is -2.49. The van der Waals surface area contributed by atoms with E-state index < -0.39 is 0 Å². The Hall–Kier alpha value is -1.06. The first kappa shape index (κ1) is 15.3. The molecule has 1 saturated heterocycles. The molecule has 112 valence electrons. The second-order valence-corrected chi connectivity index (χ2v) is 5.86. The van der Waals surface area contributed by atoms with Crippen LogP contribution in [0.25, 0.3) is 0 Å². The molecule has 0 spiro atoms. The monoisotopic (exact) mass is 277 g/mol. The van der Waals surface area contributed by atoms with E-state index in [-0.39, 0.29) is 6.10 Å². The number of benzene rings is 1. The number of aryl methyl sites for hydroxylation is 1. The molecule has 3 heteroatoms. The molecule has 1 aliphatic heterocycles. The molecule has 0 bridgehead atoms. The van der Waals surface area contributed by atoms with Crippen LogP contribution in [0.4, 0.5) is 0 Å². The lowest BCUT2D eigenvalue weighted by Gasteiger charge is -2.33. The number of likely N-dealkylation sites (N-methyl/N-ethyl adjacent to an activating group) is 1. The maximum atomic E-state index is 6.25. The fourth-order valence-corrected chi connectivity index (χ4v) is 2.59. The second-order valence-electron chi connectivity index (χ2n) is 5.86. The summed E-state index contributed by atoms with van der Waals surface area (Å²) in [4.78, 5) is 0. The summed E-state index contributed by atoms with van der Waals surface area (Å²) in [5, 5.41) is 3.51. The number of nitrogens with one attached hydrogen (secondary N) is 1. The number of hydrogen-bond donors (Lipinski definition) is 1. The summed E-state index contributed by atoms with van der Waals surface area (Å²) >= 11 is 0. The summed E-state index contributed by atoms with van der Waals surface area (Å²) in [5.41, 5.74) is 2.51. The molecule has 1 aromatic carbocycles. The minimum absolute atomic E-state index is 0.102. The summed E-state index contributed by atoms with van der Waals surface area (Å²) in [5.74, 6) is 1.51. The van der Waals surface area contributed by atoms with E-state index in [9.17, 15) is 0 Å². The summed E-state index contributed by atoms with van der Waals surface area (Å²) in [6.07, 6.45) is 1.12. The Kier molecular flexibility index (Phi) is 5.44. The zero-order valence-electron chi connectivity index (χ0n) is 13.1. The molecular formula is C17H27NO2. The van der Waals surface area contributed by atoms with Crippen LogP contribution in [0.2, 0.25) is 0 Å². The molecule has 0 aromatic heterocycles. The second kappa shape index (κ2) is 7.09. The van der Waals surface area contributed by atoms with Crippen molar-refractivity contribution in [1.29, 1.82) is 0 Å². The normalized spacial score (nSPS) is 23.1. The van der Waals surface area contributed by atoms with Crippen LogP contribution >= 0.6 is 0 Å². The van der Waals surface area contributed by atoms with Crippen molar-refractivity contribution in [3.8, 4) is 5.75 Å². The maximum absolute atomic E-state index is 6.25. The SMILES string of the molecule is CCNC1CCOCC1Oc1cc(C(C)C)ccc1C. The third kappa shape index (κ3) is 3.74. The Bertz CT molecular complexity index is 429. The van der Waals surface area contributed by atoms with Crippen molar-refractivity contribution in [2.75, 3.05) is 19.8 Å². The third-order valence-electron chi connectivity index (χ3n) is 3.93. The summed E-state index contributed by atoms with van der Waals surface area (Å²) < 4.78 is 11.8. The molecule has 20 heavy (non-hydrogen) atoms. The molecule has 1 aromatic rings. The molecule has 0 saturated carbocycles. The van der Waals surface area contributed by atoms with Gasteiger partial charge in [-0.2, -0.15) is 0 Å². The standard InChI is InChI=1S/C17H27NO2/c1-5-18-15-8-9-19-11-17(15)20-16-10-14(12(2)3)7-6-13(16)4/h6-7,10,12,15,17-18H,5,8-9,11H2,1-4H3. The molecule has 1 heterocycles. The van der Waals surface area contributed by atoms with Gasteiger partial charge < -0.3 is 14.8 Å². The van der Waals surface area contributed by atoms with Gasteiger partial charge in [0.1, 0.15) is 11.9 Å². The smallest absolute Gasteiger partial charge is 0.137 e. The first-order chi connectivity index (χ1) is 9.61. The Balaban J connectivity index is 2.12. The number of hydrogen-bond acceptors (Lipinski definition) is 3. The van der Waals surface area contributed by atoms with Crippen LogP contribution in [0.5, 0.6) is 5.75 Å². The molecule has 2 atom stereocenters. The van der Waals surface area contributed by atoms with Crippen molar-refractivity contribution in [2.45, 2.75) is 52.2 Å².